The molecular formula is C13H17BrN4S. The third-order valence-corrected chi connectivity index (χ3v) is 4.97. The van der Waals surface area contributed by atoms with Gasteiger partial charge in [-0.15, -0.1) is 11.8 Å². The van der Waals surface area contributed by atoms with Gasteiger partial charge >= 0.3 is 0 Å². The molecule has 1 unspecified atom stereocenters. The van der Waals surface area contributed by atoms with Crippen LogP contribution in [-0.4, -0.2) is 15.5 Å². The van der Waals surface area contributed by atoms with Crippen molar-refractivity contribution in [1.82, 2.24) is 15.2 Å². The van der Waals surface area contributed by atoms with Gasteiger partial charge in [0.05, 0.1) is 11.7 Å². The van der Waals surface area contributed by atoms with E-state index >= 15 is 0 Å². The molecule has 0 spiro atoms. The van der Waals surface area contributed by atoms with Crippen molar-refractivity contribution in [1.29, 1.82) is 0 Å². The molecule has 1 atom stereocenters. The lowest BCUT2D eigenvalue weighted by molar-refractivity contribution is 0.528. The van der Waals surface area contributed by atoms with Crippen LogP contribution in [0, 0.1) is 0 Å². The monoisotopic (exact) mass is 340 g/mol. The summed E-state index contributed by atoms with van der Waals surface area (Å²) < 4.78 is 3.07. The van der Waals surface area contributed by atoms with Gasteiger partial charge < -0.3 is 0 Å². The Morgan fingerprint density at radius 2 is 2.21 bits per heavy atom. The second kappa shape index (κ2) is 7.09. The third kappa shape index (κ3) is 3.60. The number of aryl methyl sites for hydroxylation is 1. The number of thioether (sulfide) groups is 1. The van der Waals surface area contributed by atoms with Gasteiger partial charge in [0.15, 0.2) is 0 Å². The number of hydrazine groups is 1. The Kier molecular flexibility index (Phi) is 5.45. The number of rotatable bonds is 6. The Hall–Kier alpha value is -0.820. The maximum Gasteiger partial charge on any atom is 0.0722 e. The lowest BCUT2D eigenvalue weighted by atomic mass is 10.2. The van der Waals surface area contributed by atoms with Crippen LogP contribution >= 0.6 is 27.7 Å². The molecule has 1 aromatic carbocycles. The molecule has 3 N–H and O–H groups in total. The van der Waals surface area contributed by atoms with Gasteiger partial charge in [-0.2, -0.15) is 5.10 Å². The molecule has 0 aliphatic heterocycles. The van der Waals surface area contributed by atoms with Gasteiger partial charge in [-0.3, -0.25) is 16.0 Å². The Morgan fingerprint density at radius 3 is 2.89 bits per heavy atom. The molecule has 19 heavy (non-hydrogen) atoms. The Labute approximate surface area is 125 Å². The molecule has 0 saturated carbocycles. The minimum Gasteiger partial charge on any atom is -0.271 e. The van der Waals surface area contributed by atoms with E-state index < -0.39 is 0 Å². The molecule has 0 radical (unpaired) electrons. The zero-order valence-electron chi connectivity index (χ0n) is 10.7. The fourth-order valence-corrected chi connectivity index (χ4v) is 3.48. The average Bonchev–Trinajstić information content (AvgIpc) is 2.90. The lowest BCUT2D eigenvalue weighted by Crippen LogP contribution is -2.31. The molecule has 0 aliphatic rings. The molecule has 1 aromatic heterocycles. The maximum absolute atomic E-state index is 5.67. The summed E-state index contributed by atoms with van der Waals surface area (Å²) in [5, 5.41) is 4.28. The summed E-state index contributed by atoms with van der Waals surface area (Å²) in [4.78, 5) is 1.21. The van der Waals surface area contributed by atoms with Crippen molar-refractivity contribution in [3.05, 3.63) is 46.7 Å². The van der Waals surface area contributed by atoms with Crippen molar-refractivity contribution < 1.29 is 0 Å². The number of nitrogens with two attached hydrogens (primary N) is 1. The predicted octanol–water partition coefficient (Wildman–Crippen LogP) is 2.96. The van der Waals surface area contributed by atoms with Crippen molar-refractivity contribution in [2.24, 2.45) is 5.84 Å². The summed E-state index contributed by atoms with van der Waals surface area (Å²) in [6.07, 6.45) is 1.81. The first-order chi connectivity index (χ1) is 9.26. The number of aromatic nitrogens is 2. The van der Waals surface area contributed by atoms with Crippen molar-refractivity contribution in [2.45, 2.75) is 24.4 Å². The predicted molar refractivity (Wildman–Crippen MR) is 82.8 cm³/mol. The maximum atomic E-state index is 5.67. The highest BCUT2D eigenvalue weighted by molar-refractivity contribution is 9.10. The largest absolute Gasteiger partial charge is 0.271 e. The van der Waals surface area contributed by atoms with Crippen LogP contribution in [0.2, 0.25) is 0 Å². The van der Waals surface area contributed by atoms with E-state index in [1.54, 1.807) is 11.8 Å². The van der Waals surface area contributed by atoms with Crippen LogP contribution in [0.25, 0.3) is 0 Å². The van der Waals surface area contributed by atoms with Crippen LogP contribution in [0.1, 0.15) is 18.7 Å². The fourth-order valence-electron chi connectivity index (χ4n) is 1.86. The Morgan fingerprint density at radius 1 is 1.42 bits per heavy atom. The van der Waals surface area contributed by atoms with E-state index in [0.29, 0.717) is 0 Å². The second-order valence-electron chi connectivity index (χ2n) is 4.03. The first kappa shape index (κ1) is 14.6. The molecule has 6 heteroatoms. The average molecular weight is 341 g/mol. The van der Waals surface area contributed by atoms with Gasteiger partial charge in [0, 0.05) is 27.9 Å². The van der Waals surface area contributed by atoms with E-state index in [-0.39, 0.29) is 6.04 Å². The Bertz CT molecular complexity index is 529. The molecule has 0 fully saturated rings. The lowest BCUT2D eigenvalue weighted by Gasteiger charge is -2.17. The summed E-state index contributed by atoms with van der Waals surface area (Å²) in [7, 11) is 0. The summed E-state index contributed by atoms with van der Waals surface area (Å²) in [5.41, 5.74) is 3.99. The Balaban J connectivity index is 2.06. The highest BCUT2D eigenvalue weighted by Crippen LogP contribution is 2.30. The van der Waals surface area contributed by atoms with E-state index in [2.05, 4.69) is 39.4 Å². The molecule has 102 valence electrons. The zero-order chi connectivity index (χ0) is 13.7. The minimum atomic E-state index is 0.0829. The highest BCUT2D eigenvalue weighted by Gasteiger charge is 2.15. The van der Waals surface area contributed by atoms with Gasteiger partial charge in [-0.1, -0.05) is 12.1 Å². The topological polar surface area (TPSA) is 55.9 Å². The zero-order valence-corrected chi connectivity index (χ0v) is 13.1. The van der Waals surface area contributed by atoms with Crippen LogP contribution < -0.4 is 11.3 Å². The number of hydrogen-bond donors (Lipinski definition) is 2. The van der Waals surface area contributed by atoms with Crippen molar-refractivity contribution in [3.63, 3.8) is 0 Å². The number of nitrogens with one attached hydrogen (secondary N) is 1. The summed E-state index contributed by atoms with van der Waals surface area (Å²) in [6.45, 7) is 2.92. The van der Waals surface area contributed by atoms with Crippen molar-refractivity contribution in [3.8, 4) is 0 Å². The van der Waals surface area contributed by atoms with Gasteiger partial charge in [-0.25, -0.2) is 0 Å². The quantitative estimate of drug-likeness (QED) is 0.482. The molecule has 0 amide bonds. The molecule has 1 heterocycles. The number of hydrogen-bond acceptors (Lipinski definition) is 4. The molecule has 2 rings (SSSR count). The number of nitrogens with zero attached hydrogens (tertiary/aromatic N) is 2. The highest BCUT2D eigenvalue weighted by atomic mass is 79.9. The van der Waals surface area contributed by atoms with Crippen molar-refractivity contribution in [2.75, 3.05) is 5.75 Å². The first-order valence-electron chi connectivity index (χ1n) is 6.11. The fraction of sp³-hybridized carbons (Fsp3) is 0.308. The second-order valence-corrected chi connectivity index (χ2v) is 5.95. The molecule has 0 bridgehead atoms. The smallest absolute Gasteiger partial charge is 0.0722 e. The van der Waals surface area contributed by atoms with Crippen LogP contribution in [0.15, 0.2) is 45.9 Å². The van der Waals surface area contributed by atoms with Crippen LogP contribution in [0.5, 0.6) is 0 Å². The van der Waals surface area contributed by atoms with Gasteiger partial charge in [-0.05, 0) is 41.1 Å². The van der Waals surface area contributed by atoms with Crippen LogP contribution in [0.4, 0.5) is 0 Å². The van der Waals surface area contributed by atoms with Gasteiger partial charge in [0.1, 0.15) is 0 Å². The molecule has 0 saturated heterocycles. The van der Waals surface area contributed by atoms with Crippen molar-refractivity contribution >= 4 is 27.7 Å². The summed E-state index contributed by atoms with van der Waals surface area (Å²) in [5.74, 6) is 6.53. The van der Waals surface area contributed by atoms with Crippen LogP contribution in [0.3, 0.4) is 0 Å². The normalized spacial score (nSPS) is 12.6. The van der Waals surface area contributed by atoms with E-state index in [9.17, 15) is 0 Å². The molecule has 4 nitrogen and oxygen atoms in total. The summed E-state index contributed by atoms with van der Waals surface area (Å²) in [6, 6.07) is 10.3. The summed E-state index contributed by atoms with van der Waals surface area (Å²) >= 11 is 5.32. The van der Waals surface area contributed by atoms with E-state index in [1.807, 2.05) is 35.1 Å². The van der Waals surface area contributed by atoms with Crippen LogP contribution in [-0.2, 0) is 6.54 Å². The molecular weight excluding hydrogens is 324 g/mol. The minimum absolute atomic E-state index is 0.0829. The van der Waals surface area contributed by atoms with Gasteiger partial charge in [0.2, 0.25) is 0 Å². The number of benzene rings is 1. The van der Waals surface area contributed by atoms with Gasteiger partial charge in [0.25, 0.3) is 0 Å². The van der Waals surface area contributed by atoms with E-state index in [0.717, 1.165) is 22.5 Å². The molecule has 2 aromatic rings. The standard InChI is InChI=1S/C13H17BrN4S/c1-2-18-12(7-8-16-18)11(17-15)9-19-13-6-4-3-5-10(13)14/h3-8,11,17H,2,9,15H2,1H3. The van der Waals surface area contributed by atoms with E-state index in [1.165, 1.54) is 4.90 Å². The third-order valence-electron chi connectivity index (χ3n) is 2.85. The first-order valence-corrected chi connectivity index (χ1v) is 7.89. The van der Waals surface area contributed by atoms with E-state index in [4.69, 9.17) is 5.84 Å². The SMILES string of the molecule is CCn1nccc1C(CSc1ccccc1Br)NN. The molecule has 0 aliphatic carbocycles. The number of halogens is 1.